The predicted molar refractivity (Wildman–Crippen MR) is 124 cm³/mol. The third kappa shape index (κ3) is 4.50. The van der Waals surface area contributed by atoms with Gasteiger partial charge in [-0.2, -0.15) is 0 Å². The highest BCUT2D eigenvalue weighted by Gasteiger charge is 2.31. The molecule has 0 bridgehead atoms. The van der Waals surface area contributed by atoms with Gasteiger partial charge in [-0.15, -0.1) is 0 Å². The molecule has 4 aromatic rings. The zero-order chi connectivity index (χ0) is 19.9. The summed E-state index contributed by atoms with van der Waals surface area (Å²) in [6, 6.07) is 40.1. The fourth-order valence-corrected chi connectivity index (χ4v) is 6.45. The van der Waals surface area contributed by atoms with Gasteiger partial charge in [0.15, 0.2) is 0 Å². The monoisotopic (exact) mass is 397 g/mol. The Labute approximate surface area is 172 Å². The number of rotatable bonds is 7. The van der Waals surface area contributed by atoms with Crippen molar-refractivity contribution in [1.29, 1.82) is 0 Å². The first kappa shape index (κ1) is 19.2. The van der Waals surface area contributed by atoms with Gasteiger partial charge in [0.05, 0.1) is 6.04 Å². The number of benzene rings is 4. The molecular formula is C26H24NOP. The topological polar surface area (TPSA) is 29.1 Å². The normalized spacial score (nSPS) is 12.3. The van der Waals surface area contributed by atoms with Crippen LogP contribution in [0.1, 0.15) is 11.6 Å². The fraction of sp³-hybridized carbons (Fsp3) is 0.0769. The molecule has 0 heterocycles. The number of para-hydroxylation sites is 1. The molecule has 0 radical (unpaired) electrons. The number of hydrogen-bond donors (Lipinski definition) is 1. The Morgan fingerprint density at radius 1 is 0.586 bits per heavy atom. The first-order chi connectivity index (χ1) is 14.3. The maximum Gasteiger partial charge on any atom is 0.145 e. The molecule has 0 aliphatic carbocycles. The maximum absolute atomic E-state index is 14.6. The maximum atomic E-state index is 14.6. The van der Waals surface area contributed by atoms with Gasteiger partial charge in [-0.1, -0.05) is 109 Å². The summed E-state index contributed by atoms with van der Waals surface area (Å²) in [5, 5.41) is 5.40. The van der Waals surface area contributed by atoms with Gasteiger partial charge in [-0.3, -0.25) is 0 Å². The van der Waals surface area contributed by atoms with E-state index in [4.69, 9.17) is 0 Å². The second kappa shape index (κ2) is 8.94. The van der Waals surface area contributed by atoms with Gasteiger partial charge in [0, 0.05) is 22.5 Å². The second-order valence-electron chi connectivity index (χ2n) is 7.07. The lowest BCUT2D eigenvalue weighted by molar-refractivity contribution is 0.584. The molecule has 0 aromatic heterocycles. The summed E-state index contributed by atoms with van der Waals surface area (Å²) >= 11 is 0. The Bertz CT molecular complexity index is 1020. The third-order valence-corrected chi connectivity index (χ3v) is 8.25. The van der Waals surface area contributed by atoms with Crippen LogP contribution in [0.4, 0.5) is 5.69 Å². The summed E-state index contributed by atoms with van der Waals surface area (Å²) < 4.78 is 14.6. The van der Waals surface area contributed by atoms with E-state index in [2.05, 4.69) is 17.4 Å². The smallest absolute Gasteiger partial charge is 0.145 e. The van der Waals surface area contributed by atoms with Gasteiger partial charge < -0.3 is 9.88 Å². The molecule has 0 spiro atoms. The van der Waals surface area contributed by atoms with Crippen LogP contribution in [0.3, 0.4) is 0 Å². The van der Waals surface area contributed by atoms with Gasteiger partial charge in [-0.05, 0) is 17.7 Å². The molecule has 0 saturated carbocycles. The number of hydrogen-bond acceptors (Lipinski definition) is 2. The summed E-state index contributed by atoms with van der Waals surface area (Å²) in [4.78, 5) is 0. The minimum atomic E-state index is -2.85. The van der Waals surface area contributed by atoms with Crippen LogP contribution >= 0.6 is 7.14 Å². The van der Waals surface area contributed by atoms with Crippen LogP contribution in [0.25, 0.3) is 0 Å². The van der Waals surface area contributed by atoms with Gasteiger partial charge in [0.25, 0.3) is 0 Å². The molecule has 4 aromatic carbocycles. The van der Waals surface area contributed by atoms with Crippen LogP contribution in [-0.4, -0.2) is 6.16 Å². The second-order valence-corrected chi connectivity index (χ2v) is 9.94. The van der Waals surface area contributed by atoms with Crippen molar-refractivity contribution in [3.8, 4) is 0 Å². The van der Waals surface area contributed by atoms with Gasteiger partial charge in [0.2, 0.25) is 0 Å². The molecule has 1 N–H and O–H groups in total. The van der Waals surface area contributed by atoms with Crippen molar-refractivity contribution in [3.05, 3.63) is 127 Å². The van der Waals surface area contributed by atoms with Gasteiger partial charge in [-0.25, -0.2) is 0 Å². The lowest BCUT2D eigenvalue weighted by Crippen LogP contribution is -2.25. The summed E-state index contributed by atoms with van der Waals surface area (Å²) in [6.45, 7) is 0. The Balaban J connectivity index is 1.77. The average Bonchev–Trinajstić information content (AvgIpc) is 2.81. The van der Waals surface area contributed by atoms with Gasteiger partial charge in [0.1, 0.15) is 7.14 Å². The third-order valence-electron chi connectivity index (χ3n) is 5.10. The van der Waals surface area contributed by atoms with Crippen molar-refractivity contribution in [2.45, 2.75) is 6.04 Å². The molecule has 0 aliphatic rings. The summed E-state index contributed by atoms with van der Waals surface area (Å²) in [6.07, 6.45) is 0.500. The van der Waals surface area contributed by atoms with E-state index in [9.17, 15) is 4.57 Å². The molecule has 0 fully saturated rings. The van der Waals surface area contributed by atoms with Crippen molar-refractivity contribution < 1.29 is 4.57 Å². The van der Waals surface area contributed by atoms with E-state index >= 15 is 0 Å². The highest BCUT2D eigenvalue weighted by Crippen LogP contribution is 2.47. The Hall–Kier alpha value is -3.09. The molecule has 1 atom stereocenters. The summed E-state index contributed by atoms with van der Waals surface area (Å²) in [5.41, 5.74) is 2.15. The van der Waals surface area contributed by atoms with Crippen LogP contribution in [0, 0.1) is 0 Å². The Morgan fingerprint density at radius 2 is 1.00 bits per heavy atom. The molecule has 0 saturated heterocycles. The molecule has 0 unspecified atom stereocenters. The van der Waals surface area contributed by atoms with E-state index in [-0.39, 0.29) is 6.04 Å². The van der Waals surface area contributed by atoms with Crippen molar-refractivity contribution in [2.75, 3.05) is 11.5 Å². The van der Waals surface area contributed by atoms with Crippen LogP contribution < -0.4 is 15.9 Å². The first-order valence-corrected chi connectivity index (χ1v) is 11.7. The highest BCUT2D eigenvalue weighted by molar-refractivity contribution is 7.78. The largest absolute Gasteiger partial charge is 0.378 e. The van der Waals surface area contributed by atoms with Gasteiger partial charge >= 0.3 is 0 Å². The molecule has 0 amide bonds. The molecule has 29 heavy (non-hydrogen) atoms. The minimum absolute atomic E-state index is 0.0788. The van der Waals surface area contributed by atoms with E-state index in [1.54, 1.807) is 0 Å². The van der Waals surface area contributed by atoms with Crippen LogP contribution in [0.2, 0.25) is 0 Å². The standard InChI is InChI=1S/C26H24NOP/c28-29(24-17-9-3-10-18-24,25-19-11-4-12-20-25)21-26(22-13-5-1-6-14-22)27-23-15-7-2-8-16-23/h1-20,26-27H,21H2/t26-/m1/s1. The lowest BCUT2D eigenvalue weighted by Gasteiger charge is -2.27. The summed E-state index contributed by atoms with van der Waals surface area (Å²) in [7, 11) is -2.85. The van der Waals surface area contributed by atoms with Crippen molar-refractivity contribution in [3.63, 3.8) is 0 Å². The van der Waals surface area contributed by atoms with Crippen molar-refractivity contribution in [2.24, 2.45) is 0 Å². The number of anilines is 1. The highest BCUT2D eigenvalue weighted by atomic mass is 31.2. The van der Waals surface area contributed by atoms with Crippen molar-refractivity contribution in [1.82, 2.24) is 0 Å². The van der Waals surface area contributed by atoms with E-state index in [0.717, 1.165) is 21.9 Å². The molecule has 0 aliphatic heterocycles. The zero-order valence-electron chi connectivity index (χ0n) is 16.2. The quantitative estimate of drug-likeness (QED) is 0.396. The SMILES string of the molecule is O=P(C[C@@H](Nc1ccccc1)c1ccccc1)(c1ccccc1)c1ccccc1. The van der Waals surface area contributed by atoms with Crippen molar-refractivity contribution >= 4 is 23.4 Å². The van der Waals surface area contributed by atoms with Crippen LogP contribution in [0.5, 0.6) is 0 Å². The fourth-order valence-electron chi connectivity index (χ4n) is 3.61. The molecule has 3 heteroatoms. The summed E-state index contributed by atoms with van der Waals surface area (Å²) in [5.74, 6) is 0. The first-order valence-electron chi connectivity index (χ1n) is 9.82. The van der Waals surface area contributed by atoms with E-state index in [1.165, 1.54) is 0 Å². The Kier molecular flexibility index (Phi) is 5.93. The van der Waals surface area contributed by atoms with Crippen LogP contribution in [0.15, 0.2) is 121 Å². The van der Waals surface area contributed by atoms with E-state index < -0.39 is 7.14 Å². The molecule has 144 valence electrons. The number of nitrogens with one attached hydrogen (secondary N) is 1. The average molecular weight is 397 g/mol. The molecular weight excluding hydrogens is 373 g/mol. The Morgan fingerprint density at radius 3 is 1.48 bits per heavy atom. The lowest BCUT2D eigenvalue weighted by atomic mass is 10.1. The molecule has 2 nitrogen and oxygen atoms in total. The van der Waals surface area contributed by atoms with E-state index in [1.807, 2.05) is 109 Å². The van der Waals surface area contributed by atoms with E-state index in [0.29, 0.717) is 6.16 Å². The predicted octanol–water partition coefficient (Wildman–Crippen LogP) is 5.85. The zero-order valence-corrected chi connectivity index (χ0v) is 17.1. The molecule has 4 rings (SSSR count). The minimum Gasteiger partial charge on any atom is -0.378 e. The van der Waals surface area contributed by atoms with Crippen LogP contribution in [-0.2, 0) is 4.57 Å².